The van der Waals surface area contributed by atoms with Crippen molar-refractivity contribution in [2.45, 2.75) is 51.4 Å². The van der Waals surface area contributed by atoms with E-state index in [0.29, 0.717) is 0 Å². The Morgan fingerprint density at radius 1 is 0.500 bits per heavy atom. The van der Waals surface area contributed by atoms with Crippen molar-refractivity contribution < 1.29 is 120 Å². The Hall–Kier alpha value is -9.44. The fourth-order valence-electron chi connectivity index (χ4n) is 9.38. The summed E-state index contributed by atoms with van der Waals surface area (Å²) in [5.41, 5.74) is -0.791. The second-order valence-electron chi connectivity index (χ2n) is 17.3. The van der Waals surface area contributed by atoms with Gasteiger partial charge in [0.2, 0.25) is 0 Å². The summed E-state index contributed by atoms with van der Waals surface area (Å²) < 4.78 is 166. The number of allylic oxidation sites excluding steroid dienone is 3. The molecule has 0 amide bonds. The number of hydrogen-bond donors (Lipinski definition) is 3. The fraction of sp³-hybridized carbons (Fsp3) is 0.327. The first kappa shape index (κ1) is 63.7. The summed E-state index contributed by atoms with van der Waals surface area (Å²) in [5.74, 6) is -10.4. The largest absolute Gasteiger partial charge is 0.466 e. The van der Waals surface area contributed by atoms with Crippen molar-refractivity contribution in [2.24, 2.45) is 0 Å². The zero-order valence-corrected chi connectivity index (χ0v) is 44.7. The van der Waals surface area contributed by atoms with E-state index < -0.39 is 106 Å². The second kappa shape index (κ2) is 29.0. The molecular formula is C55H50F9N3O17. The summed E-state index contributed by atoms with van der Waals surface area (Å²) in [6, 6.07) is 16.8. The highest BCUT2D eigenvalue weighted by Crippen LogP contribution is 2.47. The van der Waals surface area contributed by atoms with Gasteiger partial charge in [-0.25, -0.2) is 41.9 Å². The summed E-state index contributed by atoms with van der Waals surface area (Å²) in [6.07, 6.45) is 0. The van der Waals surface area contributed by atoms with Crippen LogP contribution in [0.1, 0.15) is 48.3 Å². The van der Waals surface area contributed by atoms with Crippen molar-refractivity contribution in [3.05, 3.63) is 157 Å². The third-order valence-electron chi connectivity index (χ3n) is 12.6. The van der Waals surface area contributed by atoms with Gasteiger partial charge in [-0.1, -0.05) is 54.6 Å². The van der Waals surface area contributed by atoms with Crippen molar-refractivity contribution in [3.8, 4) is 17.2 Å². The zero-order valence-electron chi connectivity index (χ0n) is 44.7. The summed E-state index contributed by atoms with van der Waals surface area (Å²) in [5, 5.41) is 7.93. The molecule has 5 aliphatic rings. The predicted molar refractivity (Wildman–Crippen MR) is 268 cm³/mol. The molecule has 0 saturated carbocycles. The molecule has 0 bridgehead atoms. The van der Waals surface area contributed by atoms with Crippen molar-refractivity contribution >= 4 is 41.8 Å². The molecule has 29 heteroatoms. The lowest BCUT2D eigenvalue weighted by Crippen LogP contribution is -2.36. The molecule has 3 aromatic carbocycles. The van der Waals surface area contributed by atoms with E-state index in [-0.39, 0.29) is 121 Å². The van der Waals surface area contributed by atoms with Crippen LogP contribution >= 0.6 is 0 Å². The lowest BCUT2D eigenvalue weighted by Gasteiger charge is -2.32. The van der Waals surface area contributed by atoms with Gasteiger partial charge < -0.3 is 63.3 Å². The lowest BCUT2D eigenvalue weighted by molar-refractivity contribution is -0.142. The zero-order chi connectivity index (χ0) is 61.5. The van der Waals surface area contributed by atoms with E-state index >= 15 is 0 Å². The van der Waals surface area contributed by atoms with Gasteiger partial charge >= 0.3 is 61.6 Å². The third-order valence-corrected chi connectivity index (χ3v) is 12.6. The molecule has 0 aromatic heterocycles. The molecule has 3 atom stereocenters. The van der Waals surface area contributed by atoms with Crippen molar-refractivity contribution in [1.29, 1.82) is 0 Å². The van der Waals surface area contributed by atoms with Crippen LogP contribution in [-0.4, -0.2) is 129 Å². The van der Waals surface area contributed by atoms with Crippen molar-refractivity contribution in [3.63, 3.8) is 0 Å². The summed E-state index contributed by atoms with van der Waals surface area (Å²) in [6.45, 7) is -10.9. The number of benzene rings is 3. The van der Waals surface area contributed by atoms with Crippen LogP contribution in [0.5, 0.6) is 17.2 Å². The molecule has 450 valence electrons. The van der Waals surface area contributed by atoms with E-state index in [4.69, 9.17) is 33.2 Å². The number of esters is 7. The molecule has 5 aliphatic heterocycles. The van der Waals surface area contributed by atoms with Crippen LogP contribution in [0.15, 0.2) is 140 Å². The number of rotatable bonds is 19. The van der Waals surface area contributed by atoms with Gasteiger partial charge in [0.25, 0.3) is 0 Å². The van der Waals surface area contributed by atoms with Crippen LogP contribution in [0.4, 0.5) is 39.5 Å². The first-order chi connectivity index (χ1) is 40.2. The molecule has 84 heavy (non-hydrogen) atoms. The Balaban J connectivity index is 0.000000203. The van der Waals surface area contributed by atoms with Gasteiger partial charge in [-0.05, 0) is 25.1 Å². The highest BCUT2D eigenvalue weighted by Gasteiger charge is 2.46. The highest BCUT2D eigenvalue weighted by atomic mass is 19.3. The fourth-order valence-corrected chi connectivity index (χ4v) is 9.38. The smallest absolute Gasteiger partial charge is 0.387 e. The van der Waals surface area contributed by atoms with E-state index in [2.05, 4.69) is 30.2 Å². The predicted octanol–water partition coefficient (Wildman–Crippen LogP) is 7.12. The molecule has 0 spiro atoms. The number of methoxy groups -OCH3 is 3. The number of carbonyl (C=O) groups is 7. The van der Waals surface area contributed by atoms with E-state index in [0.717, 1.165) is 28.3 Å². The molecule has 8 rings (SSSR count). The number of dihydropyridines is 3. The van der Waals surface area contributed by atoms with Crippen LogP contribution in [-0.2, 0) is 66.7 Å². The molecule has 0 radical (unpaired) electrons. The SMILES string of the molecule is CCOC(=O)C1=C(COC(C)=O)NC(CF)=C(C(=O)OC)C1c1ccccc1OC(F)F.COC(=O)C1=C(CF)NC2=C(C(=O)OC2)[C@@H]1c1ccccc1OC(F)F.COC(=O)C1=C(CF)NC2=C(C(=O)OC2)[C@H]1c1ccccc1OC(F)F. The van der Waals surface area contributed by atoms with E-state index in [9.17, 15) is 73.1 Å². The lowest BCUT2D eigenvalue weighted by atomic mass is 9.79. The Morgan fingerprint density at radius 3 is 1.17 bits per heavy atom. The average molecular weight is 1200 g/mol. The molecule has 3 N–H and O–H groups in total. The van der Waals surface area contributed by atoms with Gasteiger partial charge in [0.15, 0.2) is 0 Å². The Kier molecular flexibility index (Phi) is 22.0. The van der Waals surface area contributed by atoms with Crippen LogP contribution in [0.3, 0.4) is 0 Å². The summed E-state index contributed by atoms with van der Waals surface area (Å²) in [7, 11) is 3.24. The third kappa shape index (κ3) is 14.2. The van der Waals surface area contributed by atoms with Gasteiger partial charge in [-0.3, -0.25) is 4.79 Å². The minimum atomic E-state index is -3.21. The molecule has 5 heterocycles. The molecule has 0 aliphatic carbocycles. The number of alkyl halides is 9. The maximum absolute atomic E-state index is 13.9. The number of ether oxygens (including phenoxy) is 10. The molecular weight excluding hydrogens is 1150 g/mol. The number of halogens is 9. The number of hydrogen-bond acceptors (Lipinski definition) is 20. The second-order valence-corrected chi connectivity index (χ2v) is 17.3. The topological polar surface area (TPSA) is 248 Å². The van der Waals surface area contributed by atoms with E-state index in [1.165, 1.54) is 79.7 Å². The Bertz CT molecular complexity index is 3110. The van der Waals surface area contributed by atoms with Gasteiger partial charge in [-0.15, -0.1) is 0 Å². The minimum Gasteiger partial charge on any atom is -0.466 e. The average Bonchev–Trinajstić information content (AvgIpc) is 1.59. The van der Waals surface area contributed by atoms with Gasteiger partial charge in [0.1, 0.15) is 57.1 Å². The van der Waals surface area contributed by atoms with Crippen molar-refractivity contribution in [1.82, 2.24) is 16.0 Å². The Labute approximate surface area is 470 Å². The Morgan fingerprint density at radius 2 is 0.833 bits per heavy atom. The molecule has 20 nitrogen and oxygen atoms in total. The summed E-state index contributed by atoms with van der Waals surface area (Å²) in [4.78, 5) is 85.8. The first-order valence-electron chi connectivity index (χ1n) is 24.6. The maximum Gasteiger partial charge on any atom is 0.387 e. The molecule has 3 aromatic rings. The first-order valence-corrected chi connectivity index (χ1v) is 24.6. The van der Waals surface area contributed by atoms with E-state index in [1.807, 2.05) is 0 Å². The van der Waals surface area contributed by atoms with Crippen LogP contribution in [0.2, 0.25) is 0 Å². The van der Waals surface area contributed by atoms with Gasteiger partial charge in [-0.2, -0.15) is 26.3 Å². The monoisotopic (exact) mass is 1200 g/mol. The molecule has 0 fully saturated rings. The molecule has 1 unspecified atom stereocenters. The normalized spacial score (nSPS) is 18.0. The number of para-hydroxylation sites is 3. The maximum atomic E-state index is 13.9. The van der Waals surface area contributed by atoms with Crippen LogP contribution < -0.4 is 30.2 Å². The summed E-state index contributed by atoms with van der Waals surface area (Å²) >= 11 is 0. The van der Waals surface area contributed by atoms with Crippen LogP contribution in [0.25, 0.3) is 0 Å². The van der Waals surface area contributed by atoms with Crippen molar-refractivity contribution in [2.75, 3.05) is 67.8 Å². The minimum absolute atomic E-state index is 0.0351. The van der Waals surface area contributed by atoms with Gasteiger partial charge in [0, 0.05) is 23.6 Å². The van der Waals surface area contributed by atoms with Gasteiger partial charge in [0.05, 0.1) is 113 Å². The van der Waals surface area contributed by atoms with E-state index in [1.54, 1.807) is 0 Å². The standard InChI is InChI=1S/C21H22F3NO7.2C17H14F3NO5/c1-4-30-20(28)18-14(10-31-11(2)26)25-13(9-22)17(19(27)29-3)16(18)12-7-5-6-8-15(12)32-21(23)24;2*1-24-15(22)13-9(6-18)21-10-7-25-16(23)14(10)12(13)8-4-2-3-5-11(8)26-17(19)20/h5-8,16,21,25H,4,9-10H2,1-3H3;2*2-5,12,17,21H,6-7H2,1H3/t;2*12-/m.10/s1. The highest BCUT2D eigenvalue weighted by molar-refractivity contribution is 6.03. The quantitative estimate of drug-likeness (QED) is 0.0614. The number of carbonyl (C=O) groups excluding carboxylic acids is 7. The van der Waals surface area contributed by atoms with Crippen LogP contribution in [0, 0.1) is 0 Å². The number of nitrogens with one attached hydrogen (secondary N) is 3. The number of cyclic esters (lactones) is 2. The molecule has 0 saturated heterocycles.